The van der Waals surface area contributed by atoms with Gasteiger partial charge in [0.05, 0.1) is 6.42 Å². The molecule has 5 heteroatoms. The van der Waals surface area contributed by atoms with E-state index in [0.717, 1.165) is 12.8 Å². The lowest BCUT2D eigenvalue weighted by molar-refractivity contribution is -0.136. The van der Waals surface area contributed by atoms with Crippen LogP contribution in [0.2, 0.25) is 0 Å². The second-order valence-corrected chi connectivity index (χ2v) is 4.55. The molecule has 0 radical (unpaired) electrons. The van der Waals surface area contributed by atoms with E-state index >= 15 is 0 Å². The lowest BCUT2D eigenvalue weighted by Crippen LogP contribution is -2.37. The fourth-order valence-electron chi connectivity index (χ4n) is 1.86. The summed E-state index contributed by atoms with van der Waals surface area (Å²) in [5.74, 6) is -0.680. The van der Waals surface area contributed by atoms with Crippen molar-refractivity contribution < 1.29 is 19.4 Å². The normalized spacial score (nSPS) is 10.3. The maximum atomic E-state index is 11.7. The number of rotatable bonds is 8. The van der Waals surface area contributed by atoms with Crippen molar-refractivity contribution in [1.29, 1.82) is 0 Å². The van der Waals surface area contributed by atoms with Gasteiger partial charge in [-0.15, -0.1) is 0 Å². The van der Waals surface area contributed by atoms with Crippen LogP contribution in [0.15, 0.2) is 24.3 Å². The number of carbonyl (C=O) groups is 2. The third-order valence-corrected chi connectivity index (χ3v) is 3.02. The van der Waals surface area contributed by atoms with E-state index in [2.05, 4.69) is 5.32 Å². The number of benzene rings is 1. The molecule has 1 aromatic carbocycles. The third kappa shape index (κ3) is 5.30. The minimum absolute atomic E-state index is 0.104. The van der Waals surface area contributed by atoms with E-state index < -0.39 is 5.97 Å². The highest BCUT2D eigenvalue weighted by Crippen LogP contribution is 2.18. The van der Waals surface area contributed by atoms with Crippen LogP contribution >= 0.6 is 0 Å². The molecule has 0 heterocycles. The Bertz CT molecular complexity index is 455. The SMILES string of the molecule is CCC(CC)NC(=O)COc1ccccc1CC(=O)O. The van der Waals surface area contributed by atoms with Gasteiger partial charge in [0.15, 0.2) is 6.61 Å². The van der Waals surface area contributed by atoms with Crippen LogP contribution in [-0.4, -0.2) is 29.6 Å². The van der Waals surface area contributed by atoms with Crippen LogP contribution in [0.1, 0.15) is 32.3 Å². The molecular weight excluding hydrogens is 258 g/mol. The van der Waals surface area contributed by atoms with Crippen LogP contribution in [0.5, 0.6) is 5.75 Å². The zero-order chi connectivity index (χ0) is 15.0. The number of hydrogen-bond acceptors (Lipinski definition) is 3. The van der Waals surface area contributed by atoms with Gasteiger partial charge in [-0.25, -0.2) is 0 Å². The Hall–Kier alpha value is -2.04. The second kappa shape index (κ2) is 8.19. The molecule has 0 aromatic heterocycles. The first kappa shape index (κ1) is 16.0. The van der Waals surface area contributed by atoms with Gasteiger partial charge in [0, 0.05) is 11.6 Å². The lowest BCUT2D eigenvalue weighted by Gasteiger charge is -2.15. The van der Waals surface area contributed by atoms with Gasteiger partial charge in [0.25, 0.3) is 5.91 Å². The van der Waals surface area contributed by atoms with Crippen LogP contribution in [0.25, 0.3) is 0 Å². The number of amides is 1. The number of carbonyl (C=O) groups excluding carboxylic acids is 1. The summed E-state index contributed by atoms with van der Waals surface area (Å²) in [7, 11) is 0. The Morgan fingerprint density at radius 1 is 1.25 bits per heavy atom. The van der Waals surface area contributed by atoms with Crippen molar-refractivity contribution in [3.8, 4) is 5.75 Å². The van der Waals surface area contributed by atoms with Crippen LogP contribution < -0.4 is 10.1 Å². The van der Waals surface area contributed by atoms with E-state index in [4.69, 9.17) is 9.84 Å². The zero-order valence-electron chi connectivity index (χ0n) is 11.9. The number of ether oxygens (including phenoxy) is 1. The molecule has 0 atom stereocenters. The van der Waals surface area contributed by atoms with E-state index in [-0.39, 0.29) is 25.0 Å². The summed E-state index contributed by atoms with van der Waals surface area (Å²) in [5, 5.41) is 11.7. The summed E-state index contributed by atoms with van der Waals surface area (Å²) in [6.45, 7) is 3.92. The molecule has 1 amide bonds. The molecule has 0 spiro atoms. The van der Waals surface area contributed by atoms with E-state index in [0.29, 0.717) is 11.3 Å². The molecular formula is C15H21NO4. The Morgan fingerprint density at radius 3 is 2.50 bits per heavy atom. The maximum absolute atomic E-state index is 11.7. The molecule has 0 fully saturated rings. The molecule has 0 aliphatic carbocycles. The summed E-state index contributed by atoms with van der Waals surface area (Å²) >= 11 is 0. The van der Waals surface area contributed by atoms with E-state index in [1.165, 1.54) is 0 Å². The first-order chi connectivity index (χ1) is 9.56. The first-order valence-corrected chi connectivity index (χ1v) is 6.78. The van der Waals surface area contributed by atoms with Crippen molar-refractivity contribution in [3.63, 3.8) is 0 Å². The average Bonchev–Trinajstić information content (AvgIpc) is 2.43. The highest BCUT2D eigenvalue weighted by molar-refractivity contribution is 5.78. The fourth-order valence-corrected chi connectivity index (χ4v) is 1.86. The molecule has 0 bridgehead atoms. The van der Waals surface area contributed by atoms with Gasteiger partial charge in [-0.3, -0.25) is 9.59 Å². The smallest absolute Gasteiger partial charge is 0.307 e. The van der Waals surface area contributed by atoms with Gasteiger partial charge in [0.2, 0.25) is 0 Å². The predicted molar refractivity (Wildman–Crippen MR) is 75.8 cm³/mol. The average molecular weight is 279 g/mol. The first-order valence-electron chi connectivity index (χ1n) is 6.78. The highest BCUT2D eigenvalue weighted by Gasteiger charge is 2.11. The maximum Gasteiger partial charge on any atom is 0.307 e. The quantitative estimate of drug-likeness (QED) is 0.763. The minimum Gasteiger partial charge on any atom is -0.483 e. The van der Waals surface area contributed by atoms with Crippen molar-refractivity contribution in [2.45, 2.75) is 39.2 Å². The van der Waals surface area contributed by atoms with Gasteiger partial charge in [-0.05, 0) is 18.9 Å². The minimum atomic E-state index is -0.928. The standard InChI is InChI=1S/C15H21NO4/c1-3-12(4-2)16-14(17)10-20-13-8-6-5-7-11(13)9-15(18)19/h5-8,12H,3-4,9-10H2,1-2H3,(H,16,17)(H,18,19). The summed E-state index contributed by atoms with van der Waals surface area (Å²) in [6, 6.07) is 7.00. The molecule has 5 nitrogen and oxygen atoms in total. The Kier molecular flexibility index (Phi) is 6.56. The van der Waals surface area contributed by atoms with Crippen molar-refractivity contribution in [3.05, 3.63) is 29.8 Å². The molecule has 0 saturated heterocycles. The predicted octanol–water partition coefficient (Wildman–Crippen LogP) is 2.00. The molecule has 20 heavy (non-hydrogen) atoms. The topological polar surface area (TPSA) is 75.6 Å². The summed E-state index contributed by atoms with van der Waals surface area (Å²) in [6.07, 6.45) is 1.63. The van der Waals surface area contributed by atoms with Crippen LogP contribution in [0.4, 0.5) is 0 Å². The summed E-state index contributed by atoms with van der Waals surface area (Å²) < 4.78 is 5.41. The molecule has 0 aliphatic rings. The largest absolute Gasteiger partial charge is 0.483 e. The number of carboxylic acid groups (broad SMARTS) is 1. The van der Waals surface area contributed by atoms with E-state index in [1.54, 1.807) is 24.3 Å². The monoisotopic (exact) mass is 279 g/mol. The van der Waals surface area contributed by atoms with Crippen LogP contribution in [0.3, 0.4) is 0 Å². The number of carboxylic acids is 1. The van der Waals surface area contributed by atoms with Crippen molar-refractivity contribution in [2.75, 3.05) is 6.61 Å². The number of aliphatic carboxylic acids is 1. The van der Waals surface area contributed by atoms with E-state index in [1.807, 2.05) is 13.8 Å². The molecule has 0 aliphatic heterocycles. The number of hydrogen-bond donors (Lipinski definition) is 2. The van der Waals surface area contributed by atoms with Gasteiger partial charge in [0.1, 0.15) is 5.75 Å². The summed E-state index contributed by atoms with van der Waals surface area (Å²) in [5.41, 5.74) is 0.565. The summed E-state index contributed by atoms with van der Waals surface area (Å²) in [4.78, 5) is 22.5. The molecule has 0 saturated carbocycles. The Labute approximate surface area is 118 Å². The Balaban J connectivity index is 2.57. The fraction of sp³-hybridized carbons (Fsp3) is 0.467. The molecule has 2 N–H and O–H groups in total. The zero-order valence-corrected chi connectivity index (χ0v) is 11.9. The molecule has 1 aromatic rings. The van der Waals surface area contributed by atoms with Gasteiger partial charge in [-0.1, -0.05) is 32.0 Å². The van der Waals surface area contributed by atoms with Gasteiger partial charge >= 0.3 is 5.97 Å². The number of para-hydroxylation sites is 1. The van der Waals surface area contributed by atoms with Crippen LogP contribution in [-0.2, 0) is 16.0 Å². The number of nitrogens with one attached hydrogen (secondary N) is 1. The highest BCUT2D eigenvalue weighted by atomic mass is 16.5. The lowest BCUT2D eigenvalue weighted by atomic mass is 10.1. The van der Waals surface area contributed by atoms with Crippen molar-refractivity contribution >= 4 is 11.9 Å². The van der Waals surface area contributed by atoms with Gasteiger partial charge in [-0.2, -0.15) is 0 Å². The third-order valence-electron chi connectivity index (χ3n) is 3.02. The molecule has 110 valence electrons. The molecule has 0 unspecified atom stereocenters. The van der Waals surface area contributed by atoms with Crippen molar-refractivity contribution in [1.82, 2.24) is 5.32 Å². The van der Waals surface area contributed by atoms with Crippen molar-refractivity contribution in [2.24, 2.45) is 0 Å². The van der Waals surface area contributed by atoms with Crippen LogP contribution in [0, 0.1) is 0 Å². The Morgan fingerprint density at radius 2 is 1.90 bits per heavy atom. The second-order valence-electron chi connectivity index (χ2n) is 4.55. The van der Waals surface area contributed by atoms with E-state index in [9.17, 15) is 9.59 Å². The van der Waals surface area contributed by atoms with Gasteiger partial charge < -0.3 is 15.2 Å². The molecule has 1 rings (SSSR count).